The van der Waals surface area contributed by atoms with Crippen molar-refractivity contribution in [1.82, 2.24) is 10.2 Å². The normalized spacial score (nSPS) is 10.6. The van der Waals surface area contributed by atoms with Gasteiger partial charge in [0.2, 0.25) is 0 Å². The molecule has 0 atom stereocenters. The smallest absolute Gasteiger partial charge is 0.0621 e. The van der Waals surface area contributed by atoms with Crippen molar-refractivity contribution in [1.29, 1.82) is 5.26 Å². The number of nitrogens with zero attached hydrogens (tertiary/aromatic N) is 2. The number of hydrogen-bond acceptors (Lipinski definition) is 3. The summed E-state index contributed by atoms with van der Waals surface area (Å²) in [5.74, 6) is 0. The van der Waals surface area contributed by atoms with Crippen LogP contribution in [0.3, 0.4) is 0 Å². The minimum Gasteiger partial charge on any atom is -0.317 e. The van der Waals surface area contributed by atoms with Crippen LogP contribution in [0.1, 0.15) is 31.2 Å². The van der Waals surface area contributed by atoms with Crippen molar-refractivity contribution in [2.24, 2.45) is 0 Å². The molecule has 1 aromatic carbocycles. The van der Waals surface area contributed by atoms with Crippen LogP contribution in [0.15, 0.2) is 30.3 Å². The summed E-state index contributed by atoms with van der Waals surface area (Å²) < 4.78 is 0. The van der Waals surface area contributed by atoms with Gasteiger partial charge in [-0.15, -0.1) is 0 Å². The highest BCUT2D eigenvalue weighted by Crippen LogP contribution is 2.02. The predicted molar refractivity (Wildman–Crippen MR) is 79.7 cm³/mol. The van der Waals surface area contributed by atoms with E-state index in [-0.39, 0.29) is 0 Å². The van der Waals surface area contributed by atoms with Gasteiger partial charge >= 0.3 is 0 Å². The molecule has 1 aromatic rings. The molecule has 0 radical (unpaired) electrons. The van der Waals surface area contributed by atoms with E-state index in [0.29, 0.717) is 6.42 Å². The number of hydrogen-bond donors (Lipinski definition) is 1. The summed E-state index contributed by atoms with van der Waals surface area (Å²) in [4.78, 5) is 2.35. The van der Waals surface area contributed by atoms with Crippen LogP contribution in [0.2, 0.25) is 0 Å². The first-order valence-corrected chi connectivity index (χ1v) is 7.13. The van der Waals surface area contributed by atoms with Crippen molar-refractivity contribution >= 4 is 0 Å². The summed E-state index contributed by atoms with van der Waals surface area (Å²) in [5, 5.41) is 11.8. The van der Waals surface area contributed by atoms with Gasteiger partial charge in [0, 0.05) is 13.0 Å². The Kier molecular flexibility index (Phi) is 8.70. The molecule has 0 saturated carbocycles. The van der Waals surface area contributed by atoms with Crippen LogP contribution in [0.5, 0.6) is 0 Å². The summed E-state index contributed by atoms with van der Waals surface area (Å²) in [7, 11) is 2.17. The number of benzene rings is 1. The average Bonchev–Trinajstić information content (AvgIpc) is 2.43. The van der Waals surface area contributed by atoms with Crippen molar-refractivity contribution in [2.75, 3.05) is 26.7 Å². The molecular formula is C16H25N3. The highest BCUT2D eigenvalue weighted by molar-refractivity contribution is 5.14. The van der Waals surface area contributed by atoms with Gasteiger partial charge in [-0.25, -0.2) is 0 Å². The Morgan fingerprint density at radius 3 is 2.58 bits per heavy atom. The van der Waals surface area contributed by atoms with Gasteiger partial charge in [0.15, 0.2) is 0 Å². The Morgan fingerprint density at radius 2 is 1.84 bits per heavy atom. The first-order valence-electron chi connectivity index (χ1n) is 7.13. The minimum absolute atomic E-state index is 0.682. The Bertz CT molecular complexity index is 356. The van der Waals surface area contributed by atoms with Crippen LogP contribution < -0.4 is 5.32 Å². The minimum atomic E-state index is 0.682. The van der Waals surface area contributed by atoms with Gasteiger partial charge in [-0.2, -0.15) is 5.26 Å². The van der Waals surface area contributed by atoms with Crippen molar-refractivity contribution < 1.29 is 0 Å². The number of rotatable bonds is 10. The third-order valence-electron chi connectivity index (χ3n) is 3.08. The Labute approximate surface area is 117 Å². The molecule has 0 aliphatic rings. The van der Waals surface area contributed by atoms with E-state index in [1.165, 1.54) is 12.0 Å². The molecule has 104 valence electrons. The van der Waals surface area contributed by atoms with Gasteiger partial charge in [0.25, 0.3) is 0 Å². The van der Waals surface area contributed by atoms with E-state index in [1.54, 1.807) is 0 Å². The largest absolute Gasteiger partial charge is 0.317 e. The summed E-state index contributed by atoms with van der Waals surface area (Å²) in [6, 6.07) is 12.7. The van der Waals surface area contributed by atoms with E-state index in [1.807, 2.05) is 0 Å². The highest BCUT2D eigenvalue weighted by Gasteiger charge is 1.99. The van der Waals surface area contributed by atoms with E-state index in [0.717, 1.165) is 39.0 Å². The van der Waals surface area contributed by atoms with Crippen LogP contribution in [-0.4, -0.2) is 31.6 Å². The number of unbranched alkanes of at least 4 members (excludes halogenated alkanes) is 2. The topological polar surface area (TPSA) is 39.1 Å². The molecule has 0 aliphatic heterocycles. The molecule has 0 aliphatic carbocycles. The second kappa shape index (κ2) is 10.5. The molecular weight excluding hydrogens is 234 g/mol. The third kappa shape index (κ3) is 8.36. The van der Waals surface area contributed by atoms with Gasteiger partial charge in [-0.1, -0.05) is 30.3 Å². The first kappa shape index (κ1) is 15.7. The summed E-state index contributed by atoms with van der Waals surface area (Å²) >= 11 is 0. The zero-order valence-electron chi connectivity index (χ0n) is 11.9. The molecule has 1 N–H and O–H groups in total. The van der Waals surface area contributed by atoms with Crippen LogP contribution in [0.4, 0.5) is 0 Å². The molecule has 0 heterocycles. The van der Waals surface area contributed by atoms with Crippen LogP contribution in [-0.2, 0) is 6.54 Å². The van der Waals surface area contributed by atoms with Crippen molar-refractivity contribution in [3.8, 4) is 6.07 Å². The van der Waals surface area contributed by atoms with Gasteiger partial charge in [-0.05, 0) is 51.5 Å². The Balaban J connectivity index is 1.96. The molecule has 0 spiro atoms. The summed E-state index contributed by atoms with van der Waals surface area (Å²) in [6.07, 6.45) is 3.97. The third-order valence-corrected chi connectivity index (χ3v) is 3.08. The zero-order valence-corrected chi connectivity index (χ0v) is 11.9. The molecule has 3 nitrogen and oxygen atoms in total. The van der Waals surface area contributed by atoms with E-state index in [4.69, 9.17) is 5.26 Å². The molecule has 1 rings (SSSR count). The first-order chi connectivity index (χ1) is 9.33. The molecule has 0 saturated heterocycles. The lowest BCUT2D eigenvalue weighted by molar-refractivity contribution is 0.319. The molecule has 0 bridgehead atoms. The van der Waals surface area contributed by atoms with Gasteiger partial charge in [0.1, 0.15) is 0 Å². The van der Waals surface area contributed by atoms with Gasteiger partial charge in [0.05, 0.1) is 6.07 Å². The van der Waals surface area contributed by atoms with E-state index >= 15 is 0 Å². The van der Waals surface area contributed by atoms with E-state index < -0.39 is 0 Å². The summed E-state index contributed by atoms with van der Waals surface area (Å²) in [6.45, 7) is 4.22. The number of nitriles is 1. The summed E-state index contributed by atoms with van der Waals surface area (Å²) in [5.41, 5.74) is 1.37. The maximum absolute atomic E-state index is 8.41. The second-order valence-corrected chi connectivity index (χ2v) is 4.94. The molecule has 3 heteroatoms. The highest BCUT2D eigenvalue weighted by atomic mass is 15.1. The maximum Gasteiger partial charge on any atom is 0.0621 e. The Morgan fingerprint density at radius 1 is 1.11 bits per heavy atom. The lowest BCUT2D eigenvalue weighted by atomic mass is 10.2. The van der Waals surface area contributed by atoms with Crippen molar-refractivity contribution in [3.63, 3.8) is 0 Å². The monoisotopic (exact) mass is 259 g/mol. The van der Waals surface area contributed by atoms with Gasteiger partial charge < -0.3 is 10.2 Å². The SMILES string of the molecule is CN(CCCNCCCCC#N)Cc1ccccc1. The number of nitrogens with one attached hydrogen (secondary N) is 1. The van der Waals surface area contributed by atoms with E-state index in [9.17, 15) is 0 Å². The molecule has 19 heavy (non-hydrogen) atoms. The van der Waals surface area contributed by atoms with Crippen molar-refractivity contribution in [2.45, 2.75) is 32.2 Å². The molecule has 0 amide bonds. The quantitative estimate of drug-likeness (QED) is 0.657. The van der Waals surface area contributed by atoms with Crippen molar-refractivity contribution in [3.05, 3.63) is 35.9 Å². The Hall–Kier alpha value is -1.37. The lowest BCUT2D eigenvalue weighted by Gasteiger charge is -2.16. The standard InChI is InChI=1S/C16H25N3/c1-19(15-16-9-4-2-5-10-16)14-8-13-18-12-7-3-6-11-17/h2,4-5,9-10,18H,3,6-8,12-15H2,1H3. The fourth-order valence-electron chi connectivity index (χ4n) is 2.03. The second-order valence-electron chi connectivity index (χ2n) is 4.94. The molecule has 0 unspecified atom stereocenters. The fraction of sp³-hybridized carbons (Fsp3) is 0.562. The fourth-order valence-corrected chi connectivity index (χ4v) is 2.03. The predicted octanol–water partition coefficient (Wildman–Crippen LogP) is 2.79. The molecule has 0 fully saturated rings. The maximum atomic E-state index is 8.41. The lowest BCUT2D eigenvalue weighted by Crippen LogP contribution is -2.24. The van der Waals surface area contributed by atoms with Crippen LogP contribution >= 0.6 is 0 Å². The van der Waals surface area contributed by atoms with Crippen LogP contribution in [0, 0.1) is 11.3 Å². The average molecular weight is 259 g/mol. The molecule has 0 aromatic heterocycles. The zero-order chi connectivity index (χ0) is 13.8. The van der Waals surface area contributed by atoms with Gasteiger partial charge in [-0.3, -0.25) is 0 Å². The van der Waals surface area contributed by atoms with Crippen LogP contribution in [0.25, 0.3) is 0 Å². The van der Waals surface area contributed by atoms with E-state index in [2.05, 4.69) is 53.7 Å².